The standard InChI is InChI=1S/C65H100O6/c1-4-7-10-13-16-19-22-25-28-30-32-34-37-39-42-45-48-51-54-57-63(66)69-60-62(71-65(68)59-56-53-50-47-44-41-36-27-24-21-18-15-12-9-6-3)61-70-64(67)58-55-52-49-46-43-40-38-35-33-31-29-26-23-20-17-14-11-8-5-2/h7-8,10-11,16-21,25-29,32-36,39-40,42-43,48,51,62H,4-6,9,12-15,22-24,30-31,37-38,41,44-47,49-50,52-61H2,1-3H3/t62-/m0/s1. The number of esters is 3. The van der Waals surface area contributed by atoms with E-state index in [1.54, 1.807) is 0 Å². The van der Waals surface area contributed by atoms with Crippen LogP contribution in [0.15, 0.2) is 158 Å². The van der Waals surface area contributed by atoms with Gasteiger partial charge in [-0.3, -0.25) is 14.4 Å². The molecule has 0 aromatic rings. The Labute approximate surface area is 435 Å². The van der Waals surface area contributed by atoms with Crippen LogP contribution in [0.2, 0.25) is 0 Å². The summed E-state index contributed by atoms with van der Waals surface area (Å²) in [5.74, 6) is -1.07. The van der Waals surface area contributed by atoms with Crippen molar-refractivity contribution in [2.45, 2.75) is 219 Å². The number of hydrogen-bond acceptors (Lipinski definition) is 6. The van der Waals surface area contributed by atoms with Gasteiger partial charge in [0.2, 0.25) is 0 Å². The minimum absolute atomic E-state index is 0.132. The van der Waals surface area contributed by atoms with Crippen LogP contribution in [-0.2, 0) is 28.6 Å². The van der Waals surface area contributed by atoms with E-state index in [-0.39, 0.29) is 44.0 Å². The summed E-state index contributed by atoms with van der Waals surface area (Å²) in [7, 11) is 0. The van der Waals surface area contributed by atoms with E-state index in [4.69, 9.17) is 14.2 Å². The quantitative estimate of drug-likeness (QED) is 0.0262. The van der Waals surface area contributed by atoms with Gasteiger partial charge in [0.1, 0.15) is 13.2 Å². The Balaban J connectivity index is 4.61. The SMILES string of the molecule is CCC=CCC=CCC=CCC=CCC=CCC=CCCC(=O)OC[C@@H](COC(=O)CCCCCC=CCC=CCC=CCC=CCC=CCC)OC(=O)CCCCCCCC=CCC=CCCCCC. The first-order valence-electron chi connectivity index (χ1n) is 28.0. The summed E-state index contributed by atoms with van der Waals surface area (Å²) in [6.45, 7) is 6.26. The third-order valence-electron chi connectivity index (χ3n) is 11.0. The Bertz CT molecular complexity index is 1640. The minimum atomic E-state index is -0.838. The van der Waals surface area contributed by atoms with Crippen molar-refractivity contribution in [3.05, 3.63) is 158 Å². The molecule has 1 atom stereocenters. The second-order valence-corrected chi connectivity index (χ2v) is 17.7. The van der Waals surface area contributed by atoms with Gasteiger partial charge in [-0.05, 0) is 135 Å². The van der Waals surface area contributed by atoms with Crippen molar-refractivity contribution < 1.29 is 28.6 Å². The van der Waals surface area contributed by atoms with Crippen LogP contribution >= 0.6 is 0 Å². The topological polar surface area (TPSA) is 78.9 Å². The Hall–Kier alpha value is -4.97. The molecule has 6 heteroatoms. The van der Waals surface area contributed by atoms with Crippen LogP contribution in [0.25, 0.3) is 0 Å². The maximum absolute atomic E-state index is 12.8. The summed E-state index contributed by atoms with van der Waals surface area (Å²) in [5.41, 5.74) is 0. The molecule has 0 aromatic carbocycles. The molecule has 0 aliphatic rings. The van der Waals surface area contributed by atoms with Crippen LogP contribution in [0.5, 0.6) is 0 Å². The van der Waals surface area contributed by atoms with Gasteiger partial charge >= 0.3 is 17.9 Å². The van der Waals surface area contributed by atoms with E-state index < -0.39 is 6.10 Å². The molecule has 0 aliphatic heterocycles. The normalized spacial score (nSPS) is 13.3. The highest BCUT2D eigenvalue weighted by molar-refractivity contribution is 5.71. The lowest BCUT2D eigenvalue weighted by Crippen LogP contribution is -2.30. The summed E-state index contributed by atoms with van der Waals surface area (Å²) in [5, 5.41) is 0. The zero-order valence-corrected chi connectivity index (χ0v) is 45.2. The van der Waals surface area contributed by atoms with E-state index in [0.717, 1.165) is 141 Å². The molecule has 396 valence electrons. The molecular formula is C65H100O6. The van der Waals surface area contributed by atoms with Gasteiger partial charge in [-0.15, -0.1) is 0 Å². The second kappa shape index (κ2) is 57.6. The molecule has 0 unspecified atom stereocenters. The van der Waals surface area contributed by atoms with Crippen LogP contribution in [0.4, 0.5) is 0 Å². The molecule has 0 rings (SSSR count). The maximum Gasteiger partial charge on any atom is 0.306 e. The van der Waals surface area contributed by atoms with E-state index in [9.17, 15) is 14.4 Å². The fourth-order valence-corrected chi connectivity index (χ4v) is 6.88. The Morgan fingerprint density at radius 1 is 0.296 bits per heavy atom. The Kier molecular flexibility index (Phi) is 53.6. The summed E-state index contributed by atoms with van der Waals surface area (Å²) < 4.78 is 16.7. The van der Waals surface area contributed by atoms with E-state index in [2.05, 4.69) is 167 Å². The average Bonchev–Trinajstić information content (AvgIpc) is 3.37. The second-order valence-electron chi connectivity index (χ2n) is 17.7. The number of ether oxygens (including phenoxy) is 3. The predicted octanol–water partition coefficient (Wildman–Crippen LogP) is 19.0. The van der Waals surface area contributed by atoms with Crippen molar-refractivity contribution in [2.75, 3.05) is 13.2 Å². The monoisotopic (exact) mass is 977 g/mol. The van der Waals surface area contributed by atoms with Crippen LogP contribution in [0.1, 0.15) is 213 Å². The van der Waals surface area contributed by atoms with Crippen LogP contribution in [0.3, 0.4) is 0 Å². The zero-order chi connectivity index (χ0) is 51.4. The van der Waals surface area contributed by atoms with Crippen molar-refractivity contribution in [3.63, 3.8) is 0 Å². The first kappa shape index (κ1) is 66.0. The van der Waals surface area contributed by atoms with Gasteiger partial charge in [0.05, 0.1) is 0 Å². The number of carbonyl (C=O) groups is 3. The lowest BCUT2D eigenvalue weighted by molar-refractivity contribution is -0.166. The summed E-state index contributed by atoms with van der Waals surface area (Å²) >= 11 is 0. The smallest absolute Gasteiger partial charge is 0.306 e. The van der Waals surface area contributed by atoms with E-state index in [1.165, 1.54) is 25.7 Å². The highest BCUT2D eigenvalue weighted by Crippen LogP contribution is 2.12. The van der Waals surface area contributed by atoms with Crippen molar-refractivity contribution in [2.24, 2.45) is 0 Å². The van der Waals surface area contributed by atoms with Crippen molar-refractivity contribution in [1.82, 2.24) is 0 Å². The van der Waals surface area contributed by atoms with Crippen molar-refractivity contribution in [1.29, 1.82) is 0 Å². The summed E-state index contributed by atoms with van der Waals surface area (Å²) in [6, 6.07) is 0. The molecule has 0 N–H and O–H groups in total. The fourth-order valence-electron chi connectivity index (χ4n) is 6.88. The third kappa shape index (κ3) is 55.8. The van der Waals surface area contributed by atoms with E-state index >= 15 is 0 Å². The fraction of sp³-hybridized carbons (Fsp3) is 0.554. The first-order chi connectivity index (χ1) is 35.0. The van der Waals surface area contributed by atoms with Gasteiger partial charge < -0.3 is 14.2 Å². The summed E-state index contributed by atoms with van der Waals surface area (Å²) in [4.78, 5) is 38.1. The molecule has 6 nitrogen and oxygen atoms in total. The molecule has 0 saturated heterocycles. The zero-order valence-electron chi connectivity index (χ0n) is 45.2. The molecule has 0 bridgehead atoms. The molecule has 0 saturated carbocycles. The lowest BCUT2D eigenvalue weighted by atomic mass is 10.1. The number of hydrogen-bond donors (Lipinski definition) is 0. The molecule has 0 spiro atoms. The number of unbranched alkanes of at least 4 members (excludes halogenated alkanes) is 11. The third-order valence-corrected chi connectivity index (χ3v) is 11.0. The number of rotatable bonds is 48. The highest BCUT2D eigenvalue weighted by Gasteiger charge is 2.19. The van der Waals surface area contributed by atoms with Gasteiger partial charge in [-0.2, -0.15) is 0 Å². The highest BCUT2D eigenvalue weighted by atomic mass is 16.6. The molecule has 0 heterocycles. The molecular weight excluding hydrogens is 877 g/mol. The van der Waals surface area contributed by atoms with Crippen LogP contribution < -0.4 is 0 Å². The number of carbonyl (C=O) groups excluding carboxylic acids is 3. The molecule has 0 fully saturated rings. The molecule has 0 radical (unpaired) electrons. The van der Waals surface area contributed by atoms with Crippen molar-refractivity contribution >= 4 is 17.9 Å². The van der Waals surface area contributed by atoms with Crippen molar-refractivity contribution in [3.8, 4) is 0 Å². The lowest BCUT2D eigenvalue weighted by Gasteiger charge is -2.18. The van der Waals surface area contributed by atoms with E-state index in [1.807, 2.05) is 12.2 Å². The van der Waals surface area contributed by atoms with Gasteiger partial charge in [0.15, 0.2) is 6.10 Å². The molecule has 71 heavy (non-hydrogen) atoms. The maximum atomic E-state index is 12.8. The predicted molar refractivity (Wildman–Crippen MR) is 306 cm³/mol. The largest absolute Gasteiger partial charge is 0.462 e. The average molecular weight is 978 g/mol. The van der Waals surface area contributed by atoms with Gasteiger partial charge in [0, 0.05) is 19.3 Å². The molecule has 0 aromatic heterocycles. The van der Waals surface area contributed by atoms with Gasteiger partial charge in [0.25, 0.3) is 0 Å². The van der Waals surface area contributed by atoms with Crippen LogP contribution in [0, 0.1) is 0 Å². The Morgan fingerprint density at radius 3 is 0.958 bits per heavy atom. The Morgan fingerprint density at radius 2 is 0.577 bits per heavy atom. The van der Waals surface area contributed by atoms with Gasteiger partial charge in [-0.1, -0.05) is 217 Å². The minimum Gasteiger partial charge on any atom is -0.462 e. The van der Waals surface area contributed by atoms with E-state index in [0.29, 0.717) is 12.8 Å². The number of allylic oxidation sites excluding steroid dienone is 26. The van der Waals surface area contributed by atoms with Crippen LogP contribution in [-0.4, -0.2) is 37.2 Å². The van der Waals surface area contributed by atoms with Gasteiger partial charge in [-0.25, -0.2) is 0 Å². The molecule has 0 aliphatic carbocycles. The first-order valence-corrected chi connectivity index (χ1v) is 28.0. The molecule has 0 amide bonds. The summed E-state index contributed by atoms with van der Waals surface area (Å²) in [6.07, 6.45) is 83.8.